The molecule has 2 aliphatic heterocycles. The van der Waals surface area contributed by atoms with Crippen molar-refractivity contribution in [2.24, 2.45) is 5.92 Å². The highest BCUT2D eigenvalue weighted by molar-refractivity contribution is 5.79. The van der Waals surface area contributed by atoms with Crippen molar-refractivity contribution in [3.8, 4) is 5.75 Å². The van der Waals surface area contributed by atoms with Crippen LogP contribution in [-0.2, 0) is 9.53 Å². The van der Waals surface area contributed by atoms with Crippen LogP contribution in [0, 0.1) is 11.7 Å². The van der Waals surface area contributed by atoms with E-state index >= 15 is 0 Å². The van der Waals surface area contributed by atoms with Crippen molar-refractivity contribution in [2.75, 3.05) is 6.54 Å². The van der Waals surface area contributed by atoms with Crippen LogP contribution in [0.2, 0.25) is 0 Å². The summed E-state index contributed by atoms with van der Waals surface area (Å²) < 4.78 is 24.3. The van der Waals surface area contributed by atoms with E-state index in [1.807, 2.05) is 6.92 Å². The summed E-state index contributed by atoms with van der Waals surface area (Å²) in [5, 5.41) is 2.91. The summed E-state index contributed by atoms with van der Waals surface area (Å²) in [6, 6.07) is 6.00. The molecule has 1 aromatic rings. The Bertz CT molecular complexity index is 522. The molecule has 4 atom stereocenters. The van der Waals surface area contributed by atoms with Crippen LogP contribution in [0.3, 0.4) is 0 Å². The molecule has 2 heterocycles. The zero-order valence-electron chi connectivity index (χ0n) is 12.0. The van der Waals surface area contributed by atoms with E-state index < -0.39 is 0 Å². The number of carbonyl (C=O) groups excluding carboxylic acids is 1. The molecule has 0 aliphatic carbocycles. The maximum atomic E-state index is 13.1. The average Bonchev–Trinajstić information content (AvgIpc) is 3.07. The highest BCUT2D eigenvalue weighted by Crippen LogP contribution is 2.38. The lowest BCUT2D eigenvalue weighted by atomic mass is 9.88. The largest absolute Gasteiger partial charge is 0.489 e. The lowest BCUT2D eigenvalue weighted by Crippen LogP contribution is -2.40. The van der Waals surface area contributed by atoms with E-state index in [1.54, 1.807) is 12.1 Å². The van der Waals surface area contributed by atoms with Crippen LogP contribution in [-0.4, -0.2) is 30.8 Å². The van der Waals surface area contributed by atoms with Gasteiger partial charge in [0.15, 0.2) is 0 Å². The summed E-state index contributed by atoms with van der Waals surface area (Å²) in [5.74, 6) is 0.157. The highest BCUT2D eigenvalue weighted by Gasteiger charge is 2.44. The molecule has 1 aromatic carbocycles. The minimum Gasteiger partial charge on any atom is -0.489 e. The second-order valence-electron chi connectivity index (χ2n) is 5.85. The number of amides is 1. The fourth-order valence-corrected chi connectivity index (χ4v) is 3.10. The van der Waals surface area contributed by atoms with E-state index in [0.29, 0.717) is 12.3 Å². The van der Waals surface area contributed by atoms with Crippen molar-refractivity contribution < 1.29 is 18.7 Å². The van der Waals surface area contributed by atoms with Crippen LogP contribution in [0.1, 0.15) is 26.2 Å². The Labute approximate surface area is 123 Å². The van der Waals surface area contributed by atoms with Crippen molar-refractivity contribution in [1.82, 2.24) is 5.32 Å². The quantitative estimate of drug-likeness (QED) is 0.906. The molecule has 0 radical (unpaired) electrons. The number of halogens is 1. The molecule has 1 N–H and O–H groups in total. The third-order valence-electron chi connectivity index (χ3n) is 4.14. The molecule has 1 amide bonds. The predicted molar refractivity (Wildman–Crippen MR) is 75.5 cm³/mol. The minimum absolute atomic E-state index is 0.0230. The summed E-state index contributed by atoms with van der Waals surface area (Å²) in [7, 11) is 0. The smallest absolute Gasteiger partial charge is 0.225 e. The van der Waals surface area contributed by atoms with Crippen molar-refractivity contribution in [1.29, 1.82) is 0 Å². The summed E-state index contributed by atoms with van der Waals surface area (Å²) in [4.78, 5) is 12.1. The fourth-order valence-electron chi connectivity index (χ4n) is 3.10. The molecule has 0 unspecified atom stereocenters. The molecule has 2 bridgehead atoms. The number of benzene rings is 1. The standard InChI is InChI=1S/C16H20FNO3/c1-10(20-12-4-2-3-11(17)7-12)9-18-16(19)14-8-13-5-6-15(14)21-13/h2-4,7,10,13-15H,5-6,8-9H2,1H3,(H,18,19)/t10-,13+,14-,15+/m0/s1. The van der Waals surface area contributed by atoms with Crippen LogP contribution >= 0.6 is 0 Å². The van der Waals surface area contributed by atoms with E-state index in [9.17, 15) is 9.18 Å². The normalized spacial score (nSPS) is 28.4. The van der Waals surface area contributed by atoms with Crippen LogP contribution in [0.25, 0.3) is 0 Å². The van der Waals surface area contributed by atoms with Crippen molar-refractivity contribution in [3.05, 3.63) is 30.1 Å². The number of ether oxygens (including phenoxy) is 2. The maximum absolute atomic E-state index is 13.1. The maximum Gasteiger partial charge on any atom is 0.225 e. The Morgan fingerprint density at radius 2 is 2.38 bits per heavy atom. The van der Waals surface area contributed by atoms with Crippen molar-refractivity contribution in [2.45, 2.75) is 44.5 Å². The second-order valence-corrected chi connectivity index (χ2v) is 5.85. The summed E-state index contributed by atoms with van der Waals surface area (Å²) >= 11 is 0. The van der Waals surface area contributed by atoms with E-state index in [4.69, 9.17) is 9.47 Å². The molecule has 5 heteroatoms. The van der Waals surface area contributed by atoms with Crippen LogP contribution < -0.4 is 10.1 Å². The molecule has 21 heavy (non-hydrogen) atoms. The Hall–Kier alpha value is -1.62. The molecule has 0 saturated carbocycles. The number of hydrogen-bond donors (Lipinski definition) is 1. The first kappa shape index (κ1) is 14.3. The zero-order chi connectivity index (χ0) is 14.8. The van der Waals surface area contributed by atoms with Gasteiger partial charge in [-0.15, -0.1) is 0 Å². The number of carbonyl (C=O) groups is 1. The first-order chi connectivity index (χ1) is 10.1. The molecule has 2 aliphatic rings. The van der Waals surface area contributed by atoms with Gasteiger partial charge in [0.25, 0.3) is 0 Å². The third-order valence-corrected chi connectivity index (χ3v) is 4.14. The predicted octanol–water partition coefficient (Wildman–Crippen LogP) is 2.28. The van der Waals surface area contributed by atoms with Gasteiger partial charge in [0.2, 0.25) is 5.91 Å². The van der Waals surface area contributed by atoms with E-state index in [0.717, 1.165) is 19.3 Å². The molecule has 0 spiro atoms. The zero-order valence-corrected chi connectivity index (χ0v) is 12.0. The topological polar surface area (TPSA) is 47.6 Å². The number of nitrogens with one attached hydrogen (secondary N) is 1. The van der Waals surface area contributed by atoms with Gasteiger partial charge in [0.1, 0.15) is 17.7 Å². The lowest BCUT2D eigenvalue weighted by molar-refractivity contribution is -0.126. The number of fused-ring (bicyclic) bond motifs is 2. The highest BCUT2D eigenvalue weighted by atomic mass is 19.1. The second kappa shape index (κ2) is 6.02. The van der Waals surface area contributed by atoms with E-state index in [1.165, 1.54) is 12.1 Å². The van der Waals surface area contributed by atoms with Gasteiger partial charge in [0, 0.05) is 6.07 Å². The molecular weight excluding hydrogens is 273 g/mol. The summed E-state index contributed by atoms with van der Waals surface area (Å²) in [5.41, 5.74) is 0. The van der Waals surface area contributed by atoms with Crippen molar-refractivity contribution >= 4 is 5.91 Å². The Morgan fingerprint density at radius 1 is 1.52 bits per heavy atom. The average molecular weight is 293 g/mol. The monoisotopic (exact) mass is 293 g/mol. The van der Waals surface area contributed by atoms with Crippen LogP contribution in [0.5, 0.6) is 5.75 Å². The Kier molecular flexibility index (Phi) is 4.10. The van der Waals surface area contributed by atoms with Crippen LogP contribution in [0.15, 0.2) is 24.3 Å². The Morgan fingerprint density at radius 3 is 3.05 bits per heavy atom. The SMILES string of the molecule is C[C@@H](CNC(=O)[C@H]1C[C@H]2CC[C@H]1O2)Oc1cccc(F)c1. The van der Waals surface area contributed by atoms with Gasteiger partial charge >= 0.3 is 0 Å². The van der Waals surface area contributed by atoms with E-state index in [-0.39, 0.29) is 36.0 Å². The molecule has 2 saturated heterocycles. The van der Waals surface area contributed by atoms with Gasteiger partial charge in [-0.25, -0.2) is 4.39 Å². The van der Waals surface area contributed by atoms with Gasteiger partial charge in [-0.3, -0.25) is 4.79 Å². The van der Waals surface area contributed by atoms with Crippen molar-refractivity contribution in [3.63, 3.8) is 0 Å². The molecule has 4 nitrogen and oxygen atoms in total. The first-order valence-corrected chi connectivity index (χ1v) is 7.47. The molecule has 114 valence electrons. The number of hydrogen-bond acceptors (Lipinski definition) is 3. The van der Waals surface area contributed by atoms with Gasteiger partial charge < -0.3 is 14.8 Å². The fraction of sp³-hybridized carbons (Fsp3) is 0.562. The molecule has 0 aromatic heterocycles. The van der Waals surface area contributed by atoms with Gasteiger partial charge in [-0.1, -0.05) is 6.07 Å². The van der Waals surface area contributed by atoms with E-state index in [2.05, 4.69) is 5.32 Å². The number of rotatable bonds is 5. The minimum atomic E-state index is -0.331. The third kappa shape index (κ3) is 3.35. The summed E-state index contributed by atoms with van der Waals surface area (Å²) in [6.07, 6.45) is 3.04. The summed E-state index contributed by atoms with van der Waals surface area (Å²) in [6.45, 7) is 2.26. The molecule has 2 fully saturated rings. The lowest BCUT2D eigenvalue weighted by Gasteiger charge is -2.20. The Balaban J connectivity index is 1.45. The molecule has 3 rings (SSSR count). The van der Waals surface area contributed by atoms with Gasteiger partial charge in [-0.2, -0.15) is 0 Å². The van der Waals surface area contributed by atoms with Gasteiger partial charge in [-0.05, 0) is 38.3 Å². The van der Waals surface area contributed by atoms with Crippen LogP contribution in [0.4, 0.5) is 4.39 Å². The molecular formula is C16H20FNO3. The van der Waals surface area contributed by atoms with Gasteiger partial charge in [0.05, 0.1) is 24.7 Å². The first-order valence-electron chi connectivity index (χ1n) is 7.47.